The Morgan fingerprint density at radius 2 is 2.23 bits per heavy atom. The largest absolute Gasteiger partial charge is 0.503 e. The Balaban J connectivity index is 2.77. The van der Waals surface area contributed by atoms with Gasteiger partial charge in [-0.1, -0.05) is 17.7 Å². The normalized spacial score (nSPS) is 9.62. The standard InChI is InChI=1S/C8H7ClO4/c9-5-2-1-3-6(8(5)12)13-4-7(10)11/h1-3,12H,4H2,(H,10,11). The number of aromatic hydroxyl groups is 1. The highest BCUT2D eigenvalue weighted by Gasteiger charge is 2.07. The number of halogens is 1. The van der Waals surface area contributed by atoms with E-state index < -0.39 is 12.6 Å². The smallest absolute Gasteiger partial charge is 0.341 e. The number of carbonyl (C=O) groups is 1. The number of carboxylic acids is 1. The van der Waals surface area contributed by atoms with Crippen molar-refractivity contribution in [2.75, 3.05) is 6.61 Å². The van der Waals surface area contributed by atoms with Crippen LogP contribution in [0.4, 0.5) is 0 Å². The minimum absolute atomic E-state index is 0.0647. The first-order valence-corrected chi connectivity index (χ1v) is 3.81. The molecule has 0 aliphatic heterocycles. The zero-order chi connectivity index (χ0) is 9.84. The molecule has 0 saturated heterocycles. The zero-order valence-corrected chi connectivity index (χ0v) is 7.28. The van der Waals surface area contributed by atoms with Gasteiger partial charge in [-0.3, -0.25) is 0 Å². The Kier molecular flexibility index (Phi) is 2.97. The van der Waals surface area contributed by atoms with Gasteiger partial charge in [-0.2, -0.15) is 0 Å². The zero-order valence-electron chi connectivity index (χ0n) is 6.53. The first-order chi connectivity index (χ1) is 6.11. The summed E-state index contributed by atoms with van der Waals surface area (Å²) in [5, 5.41) is 17.7. The highest BCUT2D eigenvalue weighted by molar-refractivity contribution is 6.32. The van der Waals surface area contributed by atoms with Gasteiger partial charge < -0.3 is 14.9 Å². The fourth-order valence-corrected chi connectivity index (χ4v) is 0.917. The molecule has 1 aromatic rings. The lowest BCUT2D eigenvalue weighted by atomic mass is 10.3. The molecule has 0 heterocycles. The SMILES string of the molecule is O=C(O)COc1cccc(Cl)c1O. The second kappa shape index (κ2) is 4.00. The van der Waals surface area contributed by atoms with Crippen LogP contribution in [0.3, 0.4) is 0 Å². The fraction of sp³-hybridized carbons (Fsp3) is 0.125. The van der Waals surface area contributed by atoms with E-state index in [9.17, 15) is 9.90 Å². The summed E-state index contributed by atoms with van der Waals surface area (Å²) in [6.07, 6.45) is 0. The maximum absolute atomic E-state index is 10.1. The van der Waals surface area contributed by atoms with Gasteiger partial charge in [0.2, 0.25) is 0 Å². The summed E-state index contributed by atoms with van der Waals surface area (Å²) in [5.74, 6) is -1.29. The summed E-state index contributed by atoms with van der Waals surface area (Å²) in [7, 11) is 0. The minimum Gasteiger partial charge on any atom is -0.503 e. The van der Waals surface area contributed by atoms with E-state index in [4.69, 9.17) is 21.4 Å². The van der Waals surface area contributed by atoms with Crippen molar-refractivity contribution in [1.29, 1.82) is 0 Å². The molecule has 0 atom stereocenters. The van der Waals surface area contributed by atoms with Gasteiger partial charge in [-0.15, -0.1) is 0 Å². The number of hydrogen-bond donors (Lipinski definition) is 2. The molecule has 0 aliphatic rings. The Bertz CT molecular complexity index is 324. The van der Waals surface area contributed by atoms with Crippen molar-refractivity contribution in [3.8, 4) is 11.5 Å². The van der Waals surface area contributed by atoms with Gasteiger partial charge in [0.1, 0.15) is 0 Å². The molecule has 0 fully saturated rings. The van der Waals surface area contributed by atoms with E-state index in [1.807, 2.05) is 0 Å². The molecule has 0 aromatic heterocycles. The van der Waals surface area contributed by atoms with Crippen molar-refractivity contribution in [2.24, 2.45) is 0 Å². The van der Waals surface area contributed by atoms with Crippen molar-refractivity contribution in [2.45, 2.75) is 0 Å². The average molecular weight is 203 g/mol. The summed E-state index contributed by atoms with van der Waals surface area (Å²) in [4.78, 5) is 10.1. The third-order valence-electron chi connectivity index (χ3n) is 1.30. The lowest BCUT2D eigenvalue weighted by Gasteiger charge is -2.05. The van der Waals surface area contributed by atoms with Crippen molar-refractivity contribution >= 4 is 17.6 Å². The summed E-state index contributed by atoms with van der Waals surface area (Å²) in [5.41, 5.74) is 0. The predicted octanol–water partition coefficient (Wildman–Crippen LogP) is 1.51. The summed E-state index contributed by atoms with van der Waals surface area (Å²) in [6.45, 7) is -0.506. The van der Waals surface area contributed by atoms with Gasteiger partial charge in [0.15, 0.2) is 18.1 Å². The molecular formula is C8H7ClO4. The molecule has 4 nitrogen and oxygen atoms in total. The molecule has 0 saturated carbocycles. The summed E-state index contributed by atoms with van der Waals surface area (Å²) in [6, 6.07) is 4.47. The highest BCUT2D eigenvalue weighted by Crippen LogP contribution is 2.32. The lowest BCUT2D eigenvalue weighted by Crippen LogP contribution is -2.09. The van der Waals surface area contributed by atoms with E-state index >= 15 is 0 Å². The molecule has 0 spiro atoms. The number of ether oxygens (including phenoxy) is 1. The molecule has 0 radical (unpaired) electrons. The van der Waals surface area contributed by atoms with E-state index in [1.165, 1.54) is 12.1 Å². The number of hydrogen-bond acceptors (Lipinski definition) is 3. The van der Waals surface area contributed by atoms with Gasteiger partial charge in [-0.05, 0) is 12.1 Å². The van der Waals surface area contributed by atoms with Crippen molar-refractivity contribution in [3.05, 3.63) is 23.2 Å². The van der Waals surface area contributed by atoms with Crippen LogP contribution >= 0.6 is 11.6 Å². The Morgan fingerprint density at radius 3 is 2.85 bits per heavy atom. The predicted molar refractivity (Wildman–Crippen MR) is 46.2 cm³/mol. The fourth-order valence-electron chi connectivity index (χ4n) is 0.752. The van der Waals surface area contributed by atoms with Gasteiger partial charge >= 0.3 is 5.97 Å². The second-order valence-corrected chi connectivity index (χ2v) is 2.68. The van der Waals surface area contributed by atoms with E-state index in [-0.39, 0.29) is 16.5 Å². The lowest BCUT2D eigenvalue weighted by molar-refractivity contribution is -0.139. The third kappa shape index (κ3) is 2.52. The van der Waals surface area contributed by atoms with Crippen LogP contribution in [0.15, 0.2) is 18.2 Å². The van der Waals surface area contributed by atoms with E-state index in [2.05, 4.69) is 0 Å². The van der Waals surface area contributed by atoms with Crippen LogP contribution < -0.4 is 4.74 Å². The first-order valence-electron chi connectivity index (χ1n) is 3.43. The monoisotopic (exact) mass is 202 g/mol. The number of aliphatic carboxylic acids is 1. The Morgan fingerprint density at radius 1 is 1.54 bits per heavy atom. The molecule has 0 unspecified atom stereocenters. The number of benzene rings is 1. The number of para-hydroxylation sites is 1. The molecule has 70 valence electrons. The average Bonchev–Trinajstić information content (AvgIpc) is 2.07. The summed E-state index contributed by atoms with van der Waals surface area (Å²) < 4.78 is 4.75. The van der Waals surface area contributed by atoms with Gasteiger partial charge in [-0.25, -0.2) is 4.79 Å². The number of phenols is 1. The summed E-state index contributed by atoms with van der Waals surface area (Å²) >= 11 is 5.55. The molecule has 0 aliphatic carbocycles. The van der Waals surface area contributed by atoms with Crippen LogP contribution in [-0.2, 0) is 4.79 Å². The van der Waals surface area contributed by atoms with Gasteiger partial charge in [0.05, 0.1) is 5.02 Å². The molecule has 5 heteroatoms. The van der Waals surface area contributed by atoms with Gasteiger partial charge in [0.25, 0.3) is 0 Å². The molecule has 0 amide bonds. The second-order valence-electron chi connectivity index (χ2n) is 2.27. The van der Waals surface area contributed by atoms with E-state index in [0.717, 1.165) is 0 Å². The van der Waals surface area contributed by atoms with Crippen LogP contribution in [-0.4, -0.2) is 22.8 Å². The number of phenolic OH excluding ortho intramolecular Hbond substituents is 1. The molecule has 0 bridgehead atoms. The van der Waals surface area contributed by atoms with Crippen LogP contribution in [0.5, 0.6) is 11.5 Å². The molecular weight excluding hydrogens is 196 g/mol. The third-order valence-corrected chi connectivity index (χ3v) is 1.61. The molecule has 1 aromatic carbocycles. The first kappa shape index (κ1) is 9.67. The van der Waals surface area contributed by atoms with Crippen LogP contribution in [0.2, 0.25) is 5.02 Å². The molecule has 1 rings (SSSR count). The van der Waals surface area contributed by atoms with E-state index in [0.29, 0.717) is 0 Å². The number of carboxylic acid groups (broad SMARTS) is 1. The number of rotatable bonds is 3. The van der Waals surface area contributed by atoms with Crippen LogP contribution in [0.1, 0.15) is 0 Å². The maximum Gasteiger partial charge on any atom is 0.341 e. The minimum atomic E-state index is -1.11. The molecule has 2 N–H and O–H groups in total. The van der Waals surface area contributed by atoms with Crippen molar-refractivity contribution in [1.82, 2.24) is 0 Å². The topological polar surface area (TPSA) is 66.8 Å². The van der Waals surface area contributed by atoms with Gasteiger partial charge in [0, 0.05) is 0 Å². The van der Waals surface area contributed by atoms with Crippen LogP contribution in [0, 0.1) is 0 Å². The maximum atomic E-state index is 10.1. The molecule has 13 heavy (non-hydrogen) atoms. The van der Waals surface area contributed by atoms with Crippen molar-refractivity contribution < 1.29 is 19.7 Å². The quantitative estimate of drug-likeness (QED) is 0.780. The van der Waals surface area contributed by atoms with Crippen LogP contribution in [0.25, 0.3) is 0 Å². The highest BCUT2D eigenvalue weighted by atomic mass is 35.5. The Hall–Kier alpha value is -1.42. The van der Waals surface area contributed by atoms with Crippen molar-refractivity contribution in [3.63, 3.8) is 0 Å². The Labute approximate surface area is 79.3 Å². The van der Waals surface area contributed by atoms with E-state index in [1.54, 1.807) is 6.07 Å².